The molecule has 0 fully saturated rings. The summed E-state index contributed by atoms with van der Waals surface area (Å²) in [6.07, 6.45) is -7.86. The maximum Gasteiger partial charge on any atom is 0.417 e. The third-order valence-corrected chi connectivity index (χ3v) is 7.66. The van der Waals surface area contributed by atoms with Crippen molar-refractivity contribution in [3.63, 3.8) is 0 Å². The van der Waals surface area contributed by atoms with E-state index in [9.17, 15) is 71.1 Å². The number of aryl methyl sites for hydroxylation is 1. The van der Waals surface area contributed by atoms with Crippen LogP contribution in [0.3, 0.4) is 0 Å². The normalized spacial score (nSPS) is 14.6. The minimum absolute atomic E-state index is 0.0653. The Hall–Kier alpha value is -5.93. The van der Waals surface area contributed by atoms with Crippen LogP contribution in [-0.2, 0) is 6.18 Å². The van der Waals surface area contributed by atoms with E-state index in [1.54, 1.807) is 0 Å². The number of rotatable bonds is 5. The van der Waals surface area contributed by atoms with Crippen LogP contribution in [-0.4, -0.2) is 9.97 Å². The number of aromatic nitrogens is 2. The van der Waals surface area contributed by atoms with Crippen molar-refractivity contribution in [2.45, 2.75) is 13.1 Å². The minimum atomic E-state index is -5.66. The van der Waals surface area contributed by atoms with Crippen LogP contribution in [0.5, 0.6) is 0 Å². The predicted molar refractivity (Wildman–Crippen MR) is 148 cm³/mol. The zero-order valence-electron chi connectivity index (χ0n) is 24.9. The van der Waals surface area contributed by atoms with Crippen molar-refractivity contribution in [1.82, 2.24) is 9.97 Å². The first-order valence-electron chi connectivity index (χ1n) is 13.6. The molecule has 0 radical (unpaired) electrons. The second-order valence-electron chi connectivity index (χ2n) is 10.5. The zero-order chi connectivity index (χ0) is 38.7. The molecule has 0 bridgehead atoms. The Morgan fingerprint density at radius 3 is 1.46 bits per heavy atom. The van der Waals surface area contributed by atoms with Crippen LogP contribution in [0, 0.1) is 65.3 Å². The summed E-state index contributed by atoms with van der Waals surface area (Å²) in [5, 5.41) is 10.1. The summed E-state index contributed by atoms with van der Waals surface area (Å²) in [5.41, 5.74) is -16.8. The number of pyridine rings is 2. The smallest absolute Gasteiger partial charge is 0.212 e. The van der Waals surface area contributed by atoms with Crippen molar-refractivity contribution >= 4 is 5.57 Å². The number of halogens is 16. The van der Waals surface area contributed by atoms with Crippen molar-refractivity contribution in [2.75, 3.05) is 0 Å². The molecule has 0 N–H and O–H groups in total. The maximum atomic E-state index is 15.1. The molecule has 2 aromatic carbocycles. The third kappa shape index (κ3) is 5.86. The first-order valence-corrected chi connectivity index (χ1v) is 13.6. The first-order chi connectivity index (χ1) is 24.3. The molecule has 0 amide bonds. The maximum absolute atomic E-state index is 15.1. The van der Waals surface area contributed by atoms with E-state index in [4.69, 9.17) is 0 Å². The number of allylic oxidation sites excluding steroid dienone is 5. The molecule has 0 saturated heterocycles. The van der Waals surface area contributed by atoms with E-state index in [1.165, 1.54) is 0 Å². The van der Waals surface area contributed by atoms with Gasteiger partial charge in [0.25, 0.3) is 23.8 Å². The lowest BCUT2D eigenvalue weighted by Crippen LogP contribution is -2.11. The van der Waals surface area contributed by atoms with Crippen LogP contribution in [0.2, 0.25) is 0 Å². The molecule has 0 unspecified atom stereocenters. The van der Waals surface area contributed by atoms with Crippen molar-refractivity contribution in [2.24, 2.45) is 0 Å². The van der Waals surface area contributed by atoms with E-state index < -0.39 is 156 Å². The zero-order valence-corrected chi connectivity index (χ0v) is 24.9. The van der Waals surface area contributed by atoms with Crippen molar-refractivity contribution in [3.05, 3.63) is 135 Å². The van der Waals surface area contributed by atoms with Gasteiger partial charge in [0.05, 0.1) is 27.8 Å². The highest BCUT2D eigenvalue weighted by Gasteiger charge is 2.41. The highest BCUT2D eigenvalue weighted by Crippen LogP contribution is 2.54. The number of hydrogen-bond donors (Lipinski definition) is 0. The van der Waals surface area contributed by atoms with Crippen LogP contribution in [0.4, 0.5) is 70.2 Å². The number of benzene rings is 2. The molecule has 0 spiro atoms. The van der Waals surface area contributed by atoms with Gasteiger partial charge < -0.3 is 0 Å². The van der Waals surface area contributed by atoms with Gasteiger partial charge in [-0.15, -0.1) is 0 Å². The lowest BCUT2D eigenvalue weighted by Gasteiger charge is -2.18. The largest absolute Gasteiger partial charge is 0.417 e. The van der Waals surface area contributed by atoms with Gasteiger partial charge in [-0.25, -0.2) is 39.5 Å². The molecular formula is C33H9F16N3. The molecule has 0 atom stereocenters. The molecule has 0 aliphatic heterocycles. The highest BCUT2D eigenvalue weighted by molar-refractivity contribution is 6.07. The number of hydrogen-bond acceptors (Lipinski definition) is 3. The van der Waals surface area contributed by atoms with Crippen LogP contribution in [0.15, 0.2) is 65.6 Å². The molecular weight excluding hydrogens is 742 g/mol. The summed E-state index contributed by atoms with van der Waals surface area (Å²) in [4.78, 5) is 4.62. The summed E-state index contributed by atoms with van der Waals surface area (Å²) in [7, 11) is 0. The molecule has 3 nitrogen and oxygen atoms in total. The van der Waals surface area contributed by atoms with E-state index in [0.717, 1.165) is 19.1 Å². The fraction of sp³-hybridized carbons (Fsp3) is 0.0606. The average Bonchev–Trinajstić information content (AvgIpc) is 3.38. The third-order valence-electron chi connectivity index (χ3n) is 7.66. The van der Waals surface area contributed by atoms with Gasteiger partial charge in [0, 0.05) is 11.1 Å². The summed E-state index contributed by atoms with van der Waals surface area (Å²) in [5.74, 6) is -26.3. The fourth-order valence-corrected chi connectivity index (χ4v) is 5.53. The standard InChI is InChI=1S/C33H9F16N3/c1-9-2-11-12-5-17(33(47,48)49)15(23-27(41)31(45)52-32(46)28(23)42)4-14(12)20(16(8-50)21(18(36)6-34)24(38)19(37)7-35)13(11)3-10(9)22-25(39)29(43)51-30(44)26(22)40/h2-7H,1H3/b18-6-,19-7-,20-16+,24-21+. The summed E-state index contributed by atoms with van der Waals surface area (Å²) in [6, 6.07) is 2.53. The Morgan fingerprint density at radius 2 is 1.04 bits per heavy atom. The monoisotopic (exact) mass is 751 g/mol. The number of alkyl halides is 3. The van der Waals surface area contributed by atoms with Gasteiger partial charge in [0.1, 0.15) is 18.7 Å². The average molecular weight is 751 g/mol. The Kier molecular flexibility index (Phi) is 9.56. The molecule has 1 aliphatic rings. The molecule has 19 heteroatoms. The number of fused-ring (bicyclic) bond motifs is 3. The van der Waals surface area contributed by atoms with Gasteiger partial charge in [0.2, 0.25) is 0 Å². The molecule has 52 heavy (non-hydrogen) atoms. The molecule has 4 aromatic rings. The Labute approximate surface area is 278 Å². The van der Waals surface area contributed by atoms with Gasteiger partial charge in [-0.1, -0.05) is 6.07 Å². The Bertz CT molecular complexity index is 2350. The van der Waals surface area contributed by atoms with Crippen molar-refractivity contribution < 1.29 is 70.2 Å². The molecule has 2 heterocycles. The highest BCUT2D eigenvalue weighted by atomic mass is 19.4. The number of nitrogens with zero attached hydrogens (tertiary/aromatic N) is 3. The van der Waals surface area contributed by atoms with Crippen molar-refractivity contribution in [1.29, 1.82) is 5.26 Å². The SMILES string of the molecule is Cc1cc2c(cc1-c1c(F)c(F)nc(F)c1F)\C(=C(C#N)/C(C(/F)=C/F)=C(F)/C(F)=C/F)c1cc(-c3c(F)c(F)nc(F)c3F)c(C(F)(F)F)cc1-2. The van der Waals surface area contributed by atoms with E-state index in [2.05, 4.69) is 9.97 Å². The van der Waals surface area contributed by atoms with Gasteiger partial charge in [-0.05, 0) is 58.5 Å². The molecule has 5 rings (SSSR count). The van der Waals surface area contributed by atoms with Crippen LogP contribution in [0.1, 0.15) is 22.3 Å². The summed E-state index contributed by atoms with van der Waals surface area (Å²) < 4.78 is 230. The van der Waals surface area contributed by atoms with E-state index in [-0.39, 0.29) is 12.1 Å². The van der Waals surface area contributed by atoms with E-state index >= 15 is 4.39 Å². The van der Waals surface area contributed by atoms with E-state index in [0.29, 0.717) is 6.07 Å². The van der Waals surface area contributed by atoms with Crippen LogP contribution >= 0.6 is 0 Å². The lowest BCUT2D eigenvalue weighted by molar-refractivity contribution is -0.137. The summed E-state index contributed by atoms with van der Waals surface area (Å²) in [6.45, 7) is 0.988. The molecule has 0 saturated carbocycles. The first kappa shape index (κ1) is 37.3. The minimum Gasteiger partial charge on any atom is -0.212 e. The lowest BCUT2D eigenvalue weighted by atomic mass is 9.88. The molecule has 2 aromatic heterocycles. The second-order valence-corrected chi connectivity index (χ2v) is 10.5. The van der Waals surface area contributed by atoms with Gasteiger partial charge >= 0.3 is 6.18 Å². The van der Waals surface area contributed by atoms with Gasteiger partial charge in [-0.3, -0.25) is 0 Å². The second kappa shape index (κ2) is 13.3. The number of nitriles is 1. The predicted octanol–water partition coefficient (Wildman–Crippen LogP) is 11.3. The van der Waals surface area contributed by atoms with Gasteiger partial charge in [-0.2, -0.15) is 46.0 Å². The Morgan fingerprint density at radius 1 is 0.615 bits per heavy atom. The van der Waals surface area contributed by atoms with Crippen molar-refractivity contribution in [3.8, 4) is 39.4 Å². The van der Waals surface area contributed by atoms with Gasteiger partial charge in [0.15, 0.2) is 40.7 Å². The van der Waals surface area contributed by atoms with Crippen LogP contribution < -0.4 is 0 Å². The summed E-state index contributed by atoms with van der Waals surface area (Å²) >= 11 is 0. The fourth-order valence-electron chi connectivity index (χ4n) is 5.53. The van der Waals surface area contributed by atoms with Crippen LogP contribution in [0.25, 0.3) is 39.0 Å². The Balaban J connectivity index is 2.08. The van der Waals surface area contributed by atoms with E-state index in [1.807, 2.05) is 0 Å². The molecule has 268 valence electrons. The topological polar surface area (TPSA) is 49.6 Å². The molecule has 1 aliphatic carbocycles. The quantitative estimate of drug-likeness (QED) is 0.0778.